The first-order valence-electron chi connectivity index (χ1n) is 6.37. The van der Waals surface area contributed by atoms with Crippen LogP contribution in [0.3, 0.4) is 0 Å². The van der Waals surface area contributed by atoms with Crippen LogP contribution in [0.2, 0.25) is 0 Å². The average Bonchev–Trinajstić information content (AvgIpc) is 2.48. The lowest BCUT2D eigenvalue weighted by Crippen LogP contribution is -2.58. The number of hydrogen-bond donors (Lipinski definition) is 2. The molecule has 0 aliphatic carbocycles. The van der Waals surface area contributed by atoms with Crippen molar-refractivity contribution in [3.8, 4) is 0 Å². The molecule has 1 aromatic rings. The second-order valence-corrected chi connectivity index (χ2v) is 4.75. The van der Waals surface area contributed by atoms with Gasteiger partial charge in [-0.3, -0.25) is 9.59 Å². The molecule has 2 atom stereocenters. The molecule has 0 saturated carbocycles. The van der Waals surface area contributed by atoms with Crippen molar-refractivity contribution in [3.05, 3.63) is 66.4 Å². The maximum absolute atomic E-state index is 12.5. The van der Waals surface area contributed by atoms with Gasteiger partial charge in [0, 0.05) is 22.5 Å². The summed E-state index contributed by atoms with van der Waals surface area (Å²) in [5.74, 6) is -0.221. The smallest absolute Gasteiger partial charge is 0.189 e. The molecule has 4 heteroatoms. The van der Waals surface area contributed by atoms with Gasteiger partial charge in [0.25, 0.3) is 0 Å². The van der Waals surface area contributed by atoms with Crippen LogP contribution in [0, 0.1) is 0 Å². The van der Waals surface area contributed by atoms with Crippen molar-refractivity contribution in [1.29, 1.82) is 0 Å². The van der Waals surface area contributed by atoms with E-state index in [-0.39, 0.29) is 11.6 Å². The summed E-state index contributed by atoms with van der Waals surface area (Å²) >= 11 is 0. The van der Waals surface area contributed by atoms with Crippen LogP contribution >= 0.6 is 0 Å². The van der Waals surface area contributed by atoms with Crippen LogP contribution < -0.4 is 10.6 Å². The van der Waals surface area contributed by atoms with E-state index in [1.54, 1.807) is 18.2 Å². The Hall–Kier alpha value is -2.62. The van der Waals surface area contributed by atoms with Crippen molar-refractivity contribution in [2.45, 2.75) is 12.1 Å². The highest BCUT2D eigenvalue weighted by Gasteiger charge is 2.43. The van der Waals surface area contributed by atoms with Crippen LogP contribution in [-0.2, 0) is 4.79 Å². The first-order chi connectivity index (χ1) is 9.67. The fourth-order valence-electron chi connectivity index (χ4n) is 2.68. The monoisotopic (exact) mass is 266 g/mol. The van der Waals surface area contributed by atoms with Crippen molar-refractivity contribution < 1.29 is 9.59 Å². The van der Waals surface area contributed by atoms with E-state index in [0.717, 1.165) is 0 Å². The molecule has 0 spiro atoms. The molecule has 2 aliphatic rings. The minimum Gasteiger partial charge on any atom is -0.372 e. The third-order valence-electron chi connectivity index (χ3n) is 3.68. The normalized spacial score (nSPS) is 24.2. The average molecular weight is 266 g/mol. The Morgan fingerprint density at radius 1 is 0.950 bits per heavy atom. The molecule has 0 aromatic heterocycles. The van der Waals surface area contributed by atoms with Crippen molar-refractivity contribution in [1.82, 2.24) is 5.32 Å². The summed E-state index contributed by atoms with van der Waals surface area (Å²) in [7, 11) is 0. The molecule has 4 nitrogen and oxygen atoms in total. The fourth-order valence-corrected chi connectivity index (χ4v) is 2.68. The minimum absolute atomic E-state index is 0.0832. The van der Waals surface area contributed by atoms with Gasteiger partial charge >= 0.3 is 0 Å². The summed E-state index contributed by atoms with van der Waals surface area (Å²) in [6.45, 7) is 7.33. The molecule has 100 valence electrons. The third kappa shape index (κ3) is 1.61. The Kier molecular flexibility index (Phi) is 2.79. The molecule has 2 unspecified atom stereocenters. The molecule has 2 N–H and O–H groups in total. The largest absolute Gasteiger partial charge is 0.372 e. The van der Waals surface area contributed by atoms with Gasteiger partial charge in [0.05, 0.1) is 0 Å². The van der Waals surface area contributed by atoms with Crippen LogP contribution in [0.15, 0.2) is 60.8 Å². The predicted octanol–water partition coefficient (Wildman–Crippen LogP) is 1.83. The molecule has 2 heterocycles. The first kappa shape index (κ1) is 12.4. The number of para-hydroxylation sites is 1. The molecular formula is C16H14N2O2. The van der Waals surface area contributed by atoms with E-state index in [1.165, 1.54) is 6.08 Å². The summed E-state index contributed by atoms with van der Waals surface area (Å²) < 4.78 is 0. The second-order valence-electron chi connectivity index (χ2n) is 4.75. The zero-order chi connectivity index (χ0) is 14.3. The van der Waals surface area contributed by atoms with Gasteiger partial charge in [-0.15, -0.1) is 0 Å². The van der Waals surface area contributed by atoms with E-state index in [2.05, 4.69) is 23.8 Å². The van der Waals surface area contributed by atoms with E-state index < -0.39 is 12.1 Å². The van der Waals surface area contributed by atoms with Crippen LogP contribution in [0.5, 0.6) is 0 Å². The Balaban J connectivity index is 2.10. The lowest BCUT2D eigenvalue weighted by molar-refractivity contribution is -0.116. The van der Waals surface area contributed by atoms with Gasteiger partial charge in [0.2, 0.25) is 0 Å². The van der Waals surface area contributed by atoms with E-state index in [1.807, 2.05) is 12.1 Å². The van der Waals surface area contributed by atoms with Crippen molar-refractivity contribution in [3.63, 3.8) is 0 Å². The summed E-state index contributed by atoms with van der Waals surface area (Å²) in [5, 5.41) is 6.22. The number of carbonyl (C=O) groups is 2. The number of nitrogens with one attached hydrogen (secondary N) is 2. The molecule has 20 heavy (non-hydrogen) atoms. The molecule has 3 rings (SSSR count). The van der Waals surface area contributed by atoms with Gasteiger partial charge in [-0.2, -0.15) is 0 Å². The van der Waals surface area contributed by atoms with Crippen molar-refractivity contribution >= 4 is 17.3 Å². The fraction of sp³-hybridized carbons (Fsp3) is 0.125. The third-order valence-corrected chi connectivity index (χ3v) is 3.68. The van der Waals surface area contributed by atoms with Gasteiger partial charge < -0.3 is 10.6 Å². The van der Waals surface area contributed by atoms with E-state index in [9.17, 15) is 9.59 Å². The molecule has 0 fully saturated rings. The number of Topliss-reactive ketones (excluding diaryl/α,β-unsaturated/α-hetero) is 2. The Labute approximate surface area is 116 Å². The number of allylic oxidation sites excluding steroid dienone is 2. The van der Waals surface area contributed by atoms with Crippen LogP contribution in [0.4, 0.5) is 5.69 Å². The first-order valence-corrected chi connectivity index (χ1v) is 6.37. The number of fused-ring (bicyclic) bond motifs is 2. The summed E-state index contributed by atoms with van der Waals surface area (Å²) in [6.07, 6.45) is 3.04. The number of rotatable bonds is 2. The van der Waals surface area contributed by atoms with E-state index in [0.29, 0.717) is 22.5 Å². The summed E-state index contributed by atoms with van der Waals surface area (Å²) in [4.78, 5) is 25.0. The van der Waals surface area contributed by atoms with Gasteiger partial charge in [0.15, 0.2) is 11.6 Å². The number of hydrogen-bond acceptors (Lipinski definition) is 4. The van der Waals surface area contributed by atoms with Gasteiger partial charge in [0.1, 0.15) is 12.1 Å². The Morgan fingerprint density at radius 2 is 1.65 bits per heavy atom. The number of anilines is 1. The standard InChI is InChI=1S/C16H14N2O2/c1-3-9-11(4-2)17-14-13(15(9)19)18-12-8-6-5-7-10(12)16(14)20/h3-8,13-14,17-18H,1-2H2. The zero-order valence-corrected chi connectivity index (χ0v) is 10.8. The molecule has 1 aromatic carbocycles. The highest BCUT2D eigenvalue weighted by Crippen LogP contribution is 2.30. The quantitative estimate of drug-likeness (QED) is 0.857. The maximum Gasteiger partial charge on any atom is 0.189 e. The SMILES string of the molecule is C=CC1=C(C=C)C(=O)C2Nc3ccccc3C(=O)C2N1. The summed E-state index contributed by atoms with van der Waals surface area (Å²) in [6, 6.07) is 6.00. The molecule has 0 radical (unpaired) electrons. The predicted molar refractivity (Wildman–Crippen MR) is 77.5 cm³/mol. The van der Waals surface area contributed by atoms with E-state index in [4.69, 9.17) is 0 Å². The highest BCUT2D eigenvalue weighted by molar-refractivity contribution is 6.16. The summed E-state index contributed by atoms with van der Waals surface area (Å²) in [5.41, 5.74) is 2.31. The number of benzene rings is 1. The van der Waals surface area contributed by atoms with Crippen LogP contribution in [0.1, 0.15) is 10.4 Å². The topological polar surface area (TPSA) is 58.2 Å². The number of carbonyl (C=O) groups excluding carboxylic acids is 2. The van der Waals surface area contributed by atoms with Gasteiger partial charge in [-0.05, 0) is 18.2 Å². The maximum atomic E-state index is 12.5. The minimum atomic E-state index is -0.603. The molecule has 0 saturated heterocycles. The van der Waals surface area contributed by atoms with Crippen LogP contribution in [0.25, 0.3) is 0 Å². The highest BCUT2D eigenvalue weighted by atomic mass is 16.1. The van der Waals surface area contributed by atoms with Crippen LogP contribution in [-0.4, -0.2) is 23.7 Å². The molecule has 0 bridgehead atoms. The molecule has 2 aliphatic heterocycles. The molecule has 0 amide bonds. The van der Waals surface area contributed by atoms with Gasteiger partial charge in [-0.25, -0.2) is 0 Å². The second kappa shape index (κ2) is 4.49. The lowest BCUT2D eigenvalue weighted by Gasteiger charge is -2.37. The van der Waals surface area contributed by atoms with Crippen molar-refractivity contribution in [2.75, 3.05) is 5.32 Å². The molecular weight excluding hydrogens is 252 g/mol. The Morgan fingerprint density at radius 3 is 2.35 bits per heavy atom. The van der Waals surface area contributed by atoms with Crippen molar-refractivity contribution in [2.24, 2.45) is 0 Å². The Bertz CT molecular complexity index is 673. The number of ketones is 2. The van der Waals surface area contributed by atoms with Gasteiger partial charge in [-0.1, -0.05) is 31.4 Å². The lowest BCUT2D eigenvalue weighted by atomic mass is 9.84. The van der Waals surface area contributed by atoms with E-state index >= 15 is 0 Å². The zero-order valence-electron chi connectivity index (χ0n) is 10.8.